The summed E-state index contributed by atoms with van der Waals surface area (Å²) in [5.41, 5.74) is -0.473. The van der Waals surface area contributed by atoms with Crippen LogP contribution < -0.4 is 16.2 Å². The first-order chi connectivity index (χ1) is 14.2. The lowest BCUT2D eigenvalue weighted by atomic mass is 10.1. The van der Waals surface area contributed by atoms with E-state index in [9.17, 15) is 18.8 Å². The van der Waals surface area contributed by atoms with Gasteiger partial charge in [-0.2, -0.15) is 0 Å². The molecule has 30 heavy (non-hydrogen) atoms. The highest BCUT2D eigenvalue weighted by atomic mass is 32.2. The van der Waals surface area contributed by atoms with E-state index in [0.717, 1.165) is 16.3 Å². The second-order valence-electron chi connectivity index (χ2n) is 7.54. The van der Waals surface area contributed by atoms with Gasteiger partial charge in [0.2, 0.25) is 5.91 Å². The Morgan fingerprint density at radius 3 is 2.47 bits per heavy atom. The Balaban J connectivity index is 1.92. The van der Waals surface area contributed by atoms with Gasteiger partial charge in [-0.1, -0.05) is 36.0 Å². The molecular weight excluding hydrogens is 407 g/mol. The number of nitrogens with zero attached hydrogens (tertiary/aromatic N) is 2. The number of nitrogens with one attached hydrogen (secondary N) is 2. The minimum absolute atomic E-state index is 0.0362. The third kappa shape index (κ3) is 5.04. The lowest BCUT2D eigenvalue weighted by molar-refractivity contribution is -0.117. The molecule has 3 rings (SSSR count). The molecule has 1 aromatic heterocycles. The number of rotatable bonds is 4. The Labute approximate surface area is 176 Å². The van der Waals surface area contributed by atoms with Crippen LogP contribution in [0.15, 0.2) is 58.5 Å². The quantitative estimate of drug-likeness (QED) is 0.492. The summed E-state index contributed by atoms with van der Waals surface area (Å²) in [7, 11) is 0. The van der Waals surface area contributed by atoms with Crippen molar-refractivity contribution in [3.8, 4) is 5.69 Å². The number of fused-ring (bicyclic) bond motifs is 1. The maximum atomic E-state index is 14.4. The zero-order valence-corrected chi connectivity index (χ0v) is 17.5. The lowest BCUT2D eigenvalue weighted by Crippen LogP contribution is -2.48. The van der Waals surface area contributed by atoms with Gasteiger partial charge in [0.15, 0.2) is 5.16 Å². The molecule has 3 aromatic rings. The van der Waals surface area contributed by atoms with Crippen LogP contribution in [0.4, 0.5) is 9.18 Å². The fraction of sp³-hybridized carbons (Fsp3) is 0.238. The van der Waals surface area contributed by atoms with Crippen LogP contribution in [0.3, 0.4) is 0 Å². The maximum absolute atomic E-state index is 14.4. The van der Waals surface area contributed by atoms with Crippen molar-refractivity contribution in [3.63, 3.8) is 0 Å². The van der Waals surface area contributed by atoms with Gasteiger partial charge >= 0.3 is 6.03 Å². The van der Waals surface area contributed by atoms with Crippen LogP contribution >= 0.6 is 11.8 Å². The number of para-hydroxylation sites is 2. The second-order valence-corrected chi connectivity index (χ2v) is 8.49. The Hall–Kier alpha value is -3.20. The average Bonchev–Trinajstić information content (AvgIpc) is 2.66. The zero-order chi connectivity index (χ0) is 21.9. The fourth-order valence-corrected chi connectivity index (χ4v) is 3.52. The number of amides is 3. The monoisotopic (exact) mass is 428 g/mol. The van der Waals surface area contributed by atoms with Crippen LogP contribution in [0, 0.1) is 5.82 Å². The van der Waals surface area contributed by atoms with Crippen molar-refractivity contribution < 1.29 is 14.0 Å². The number of halogens is 1. The molecule has 2 N–H and O–H groups in total. The van der Waals surface area contributed by atoms with E-state index in [-0.39, 0.29) is 16.6 Å². The number of urea groups is 1. The summed E-state index contributed by atoms with van der Waals surface area (Å²) in [6, 6.07) is 11.9. The summed E-state index contributed by atoms with van der Waals surface area (Å²) in [4.78, 5) is 41.6. The predicted octanol–water partition coefficient (Wildman–Crippen LogP) is 3.24. The number of hydrogen-bond donors (Lipinski definition) is 2. The maximum Gasteiger partial charge on any atom is 0.321 e. The largest absolute Gasteiger partial charge is 0.333 e. The molecule has 0 bridgehead atoms. The van der Waals surface area contributed by atoms with Crippen LogP contribution in [0.2, 0.25) is 0 Å². The van der Waals surface area contributed by atoms with Gasteiger partial charge in [-0.05, 0) is 45.0 Å². The first-order valence-electron chi connectivity index (χ1n) is 9.17. The smallest absolute Gasteiger partial charge is 0.321 e. The number of aromatic nitrogens is 2. The lowest BCUT2D eigenvalue weighted by Gasteiger charge is -2.20. The highest BCUT2D eigenvalue weighted by molar-refractivity contribution is 7.99. The molecule has 0 spiro atoms. The van der Waals surface area contributed by atoms with E-state index in [4.69, 9.17) is 0 Å². The van der Waals surface area contributed by atoms with Crippen molar-refractivity contribution in [2.45, 2.75) is 31.5 Å². The molecule has 0 saturated heterocycles. The molecule has 2 aromatic carbocycles. The van der Waals surface area contributed by atoms with Crippen LogP contribution in [-0.4, -0.2) is 32.8 Å². The molecule has 7 nitrogen and oxygen atoms in total. The molecule has 1 heterocycles. The van der Waals surface area contributed by atoms with Crippen LogP contribution in [-0.2, 0) is 4.79 Å². The van der Waals surface area contributed by atoms with Crippen molar-refractivity contribution in [1.29, 1.82) is 0 Å². The van der Waals surface area contributed by atoms with Gasteiger partial charge in [0, 0.05) is 5.54 Å². The minimum Gasteiger partial charge on any atom is -0.333 e. The highest BCUT2D eigenvalue weighted by Crippen LogP contribution is 2.22. The Morgan fingerprint density at radius 1 is 1.10 bits per heavy atom. The molecular formula is C21H21FN4O3S. The van der Waals surface area contributed by atoms with Gasteiger partial charge in [-0.25, -0.2) is 14.2 Å². The first kappa shape index (κ1) is 21.5. The van der Waals surface area contributed by atoms with Gasteiger partial charge in [-0.15, -0.1) is 0 Å². The normalized spacial score (nSPS) is 11.3. The van der Waals surface area contributed by atoms with Crippen LogP contribution in [0.5, 0.6) is 0 Å². The first-order valence-corrected chi connectivity index (χ1v) is 10.2. The molecule has 0 unspecified atom stereocenters. The molecule has 0 saturated carbocycles. The standard InChI is InChI=1S/C21H21FN4O3S/c1-21(2,3)25-19(29)24-17(27)12-30-20-23-15-10-6-4-8-13(15)18(28)26(20)16-11-7-5-9-14(16)22/h4-11H,12H2,1-3H3,(H2,24,25,27,29). The van der Waals surface area contributed by atoms with E-state index in [0.29, 0.717) is 10.9 Å². The van der Waals surface area contributed by atoms with Crippen molar-refractivity contribution in [3.05, 3.63) is 64.7 Å². The van der Waals surface area contributed by atoms with Crippen molar-refractivity contribution in [2.24, 2.45) is 0 Å². The zero-order valence-electron chi connectivity index (χ0n) is 16.7. The van der Waals surface area contributed by atoms with E-state index in [1.807, 2.05) is 0 Å². The third-order valence-corrected chi connectivity index (χ3v) is 4.85. The predicted molar refractivity (Wildman–Crippen MR) is 114 cm³/mol. The van der Waals surface area contributed by atoms with Gasteiger partial charge in [0.25, 0.3) is 5.56 Å². The molecule has 0 fully saturated rings. The SMILES string of the molecule is CC(C)(C)NC(=O)NC(=O)CSc1nc2ccccc2c(=O)n1-c1ccccc1F. The summed E-state index contributed by atoms with van der Waals surface area (Å²) < 4.78 is 15.6. The number of hydrogen-bond acceptors (Lipinski definition) is 5. The van der Waals surface area contributed by atoms with Gasteiger partial charge in [-0.3, -0.25) is 19.5 Å². The summed E-state index contributed by atoms with van der Waals surface area (Å²) in [5.74, 6) is -1.34. The summed E-state index contributed by atoms with van der Waals surface area (Å²) in [5, 5.41) is 5.34. The van der Waals surface area contributed by atoms with E-state index < -0.39 is 28.9 Å². The number of benzene rings is 2. The average molecular weight is 428 g/mol. The Kier molecular flexibility index (Phi) is 6.21. The van der Waals surface area contributed by atoms with Crippen LogP contribution in [0.25, 0.3) is 16.6 Å². The molecule has 0 aliphatic rings. The molecule has 3 amide bonds. The Morgan fingerprint density at radius 2 is 1.77 bits per heavy atom. The Bertz CT molecular complexity index is 1170. The number of carbonyl (C=O) groups is 2. The van der Waals surface area contributed by atoms with Gasteiger partial charge < -0.3 is 5.32 Å². The van der Waals surface area contributed by atoms with Crippen molar-refractivity contribution in [2.75, 3.05) is 5.75 Å². The molecule has 0 aliphatic heterocycles. The summed E-state index contributed by atoms with van der Waals surface area (Å²) in [6.45, 7) is 5.37. The molecule has 156 valence electrons. The molecule has 0 radical (unpaired) electrons. The summed E-state index contributed by atoms with van der Waals surface area (Å²) >= 11 is 0.941. The van der Waals surface area contributed by atoms with E-state index in [2.05, 4.69) is 15.6 Å². The number of thioether (sulfide) groups is 1. The van der Waals surface area contributed by atoms with E-state index >= 15 is 0 Å². The van der Waals surface area contributed by atoms with E-state index in [1.165, 1.54) is 18.2 Å². The van der Waals surface area contributed by atoms with Crippen molar-refractivity contribution in [1.82, 2.24) is 20.2 Å². The van der Waals surface area contributed by atoms with Crippen LogP contribution in [0.1, 0.15) is 20.8 Å². The molecule has 9 heteroatoms. The highest BCUT2D eigenvalue weighted by Gasteiger charge is 2.19. The minimum atomic E-state index is -0.619. The third-order valence-electron chi connectivity index (χ3n) is 3.91. The topological polar surface area (TPSA) is 93.1 Å². The molecule has 0 aliphatic carbocycles. The fourth-order valence-electron chi connectivity index (χ4n) is 2.72. The molecule has 0 atom stereocenters. The summed E-state index contributed by atoms with van der Waals surface area (Å²) in [6.07, 6.45) is 0. The number of carbonyl (C=O) groups excluding carboxylic acids is 2. The van der Waals surface area contributed by atoms with Gasteiger partial charge in [0.1, 0.15) is 5.82 Å². The van der Waals surface area contributed by atoms with Gasteiger partial charge in [0.05, 0.1) is 22.3 Å². The number of imide groups is 1. The van der Waals surface area contributed by atoms with Crippen molar-refractivity contribution >= 4 is 34.6 Å². The second kappa shape index (κ2) is 8.66. The van der Waals surface area contributed by atoms with E-state index in [1.54, 1.807) is 51.1 Å².